The van der Waals surface area contributed by atoms with Crippen LogP contribution < -0.4 is 11.2 Å². The minimum atomic E-state index is -0.742. The molecule has 0 atom stereocenters. The average molecular weight is 274 g/mol. The second kappa shape index (κ2) is 5.45. The second-order valence-electron chi connectivity index (χ2n) is 2.71. The van der Waals surface area contributed by atoms with Crippen LogP contribution in [0.25, 0.3) is 0 Å². The third kappa shape index (κ3) is 3.67. The number of nitrogens with zero attached hydrogens (tertiary/aromatic N) is 1. The molecule has 0 saturated heterocycles. The highest BCUT2D eigenvalue weighted by Gasteiger charge is 2.00. The smallest absolute Gasteiger partial charge is 0.332 e. The van der Waals surface area contributed by atoms with E-state index in [2.05, 4.69) is 26.5 Å². The van der Waals surface area contributed by atoms with E-state index in [1.165, 1.54) is 18.3 Å². The fraction of sp³-hybridized carbons (Fsp3) is 0.111. The number of alkyl halides is 1. The van der Waals surface area contributed by atoms with Gasteiger partial charge in [0.15, 0.2) is 0 Å². The van der Waals surface area contributed by atoms with Gasteiger partial charge in [-0.1, -0.05) is 22.0 Å². The number of rotatable bonds is 3. The zero-order chi connectivity index (χ0) is 11.3. The molecule has 0 aromatic heterocycles. The number of primary amides is 1. The highest BCUT2D eigenvalue weighted by atomic mass is 79.9. The number of hydrogen-bond acceptors (Lipinski definition) is 2. The predicted octanol–water partition coefficient (Wildman–Crippen LogP) is 1.72. The Morgan fingerprint density at radius 2 is 2.40 bits per heavy atom. The number of carbonyl (C=O) groups is 1. The highest BCUT2D eigenvalue weighted by molar-refractivity contribution is 9.08. The summed E-state index contributed by atoms with van der Waals surface area (Å²) in [6.45, 7) is 0. The van der Waals surface area contributed by atoms with Gasteiger partial charge in [0.05, 0.1) is 6.21 Å². The van der Waals surface area contributed by atoms with Crippen molar-refractivity contribution in [3.05, 3.63) is 35.1 Å². The van der Waals surface area contributed by atoms with E-state index < -0.39 is 6.03 Å². The largest absolute Gasteiger partial charge is 0.350 e. The van der Waals surface area contributed by atoms with Crippen molar-refractivity contribution in [3.8, 4) is 0 Å². The van der Waals surface area contributed by atoms with Gasteiger partial charge in [-0.15, -0.1) is 0 Å². The van der Waals surface area contributed by atoms with Crippen molar-refractivity contribution >= 4 is 28.2 Å². The van der Waals surface area contributed by atoms with E-state index in [9.17, 15) is 9.18 Å². The molecule has 0 bridgehead atoms. The topological polar surface area (TPSA) is 67.5 Å². The number of hydrazone groups is 1. The molecule has 0 unspecified atom stereocenters. The van der Waals surface area contributed by atoms with Crippen LogP contribution in [0.5, 0.6) is 0 Å². The molecule has 0 heterocycles. The first-order valence-corrected chi connectivity index (χ1v) is 5.18. The first kappa shape index (κ1) is 11.6. The van der Waals surface area contributed by atoms with Crippen molar-refractivity contribution in [1.29, 1.82) is 0 Å². The van der Waals surface area contributed by atoms with Gasteiger partial charge in [0.25, 0.3) is 0 Å². The average Bonchev–Trinajstić information content (AvgIpc) is 2.19. The summed E-state index contributed by atoms with van der Waals surface area (Å²) in [5.41, 5.74) is 8.33. The van der Waals surface area contributed by atoms with E-state index in [-0.39, 0.29) is 5.82 Å². The molecule has 6 heteroatoms. The van der Waals surface area contributed by atoms with Crippen LogP contribution in [0.4, 0.5) is 9.18 Å². The van der Waals surface area contributed by atoms with Gasteiger partial charge >= 0.3 is 6.03 Å². The van der Waals surface area contributed by atoms with Crippen LogP contribution in [-0.2, 0) is 5.33 Å². The van der Waals surface area contributed by atoms with Gasteiger partial charge < -0.3 is 5.73 Å². The molecule has 15 heavy (non-hydrogen) atoms. The maximum Gasteiger partial charge on any atom is 0.332 e. The molecule has 0 fully saturated rings. The summed E-state index contributed by atoms with van der Waals surface area (Å²) >= 11 is 3.22. The van der Waals surface area contributed by atoms with Crippen LogP contribution in [0.2, 0.25) is 0 Å². The van der Waals surface area contributed by atoms with E-state index in [1.807, 2.05) is 0 Å². The standard InChI is InChI=1S/C9H9BrFN3O/c10-4-7-3-8(11)2-1-6(7)5-13-14-9(12)15/h1-3,5H,4H2,(H3,12,14,15). The lowest BCUT2D eigenvalue weighted by atomic mass is 10.1. The fourth-order valence-electron chi connectivity index (χ4n) is 0.981. The van der Waals surface area contributed by atoms with Crippen molar-refractivity contribution in [1.82, 2.24) is 5.43 Å². The Hall–Kier alpha value is -1.43. The monoisotopic (exact) mass is 273 g/mol. The van der Waals surface area contributed by atoms with Crippen molar-refractivity contribution in [2.75, 3.05) is 0 Å². The Morgan fingerprint density at radius 3 is 3.00 bits per heavy atom. The molecular weight excluding hydrogens is 265 g/mol. The number of hydrogen-bond donors (Lipinski definition) is 2. The minimum Gasteiger partial charge on any atom is -0.350 e. The summed E-state index contributed by atoms with van der Waals surface area (Å²) in [5.74, 6) is -0.315. The summed E-state index contributed by atoms with van der Waals surface area (Å²) < 4.78 is 12.8. The summed E-state index contributed by atoms with van der Waals surface area (Å²) in [5, 5.41) is 4.09. The number of benzene rings is 1. The molecule has 0 radical (unpaired) electrons. The lowest BCUT2D eigenvalue weighted by Gasteiger charge is -2.01. The Bertz CT molecular complexity index is 395. The summed E-state index contributed by atoms with van der Waals surface area (Å²) in [7, 11) is 0. The maximum atomic E-state index is 12.8. The zero-order valence-corrected chi connectivity index (χ0v) is 9.29. The number of halogens is 2. The van der Waals surface area contributed by atoms with E-state index >= 15 is 0 Å². The predicted molar refractivity (Wildman–Crippen MR) is 59.3 cm³/mol. The summed E-state index contributed by atoms with van der Waals surface area (Å²) in [4.78, 5) is 10.3. The second-order valence-corrected chi connectivity index (χ2v) is 3.27. The van der Waals surface area contributed by atoms with Crippen molar-refractivity contribution in [2.45, 2.75) is 5.33 Å². The Labute approximate surface area is 94.5 Å². The molecule has 0 spiro atoms. The molecule has 1 aromatic carbocycles. The maximum absolute atomic E-state index is 12.8. The molecule has 0 aliphatic carbocycles. The molecule has 0 aliphatic rings. The van der Waals surface area contributed by atoms with Crippen LogP contribution >= 0.6 is 15.9 Å². The van der Waals surface area contributed by atoms with Crippen molar-refractivity contribution in [2.24, 2.45) is 10.8 Å². The molecule has 0 saturated carbocycles. The normalized spacial score (nSPS) is 10.5. The Kier molecular flexibility index (Phi) is 4.23. The third-order valence-electron chi connectivity index (χ3n) is 1.63. The van der Waals surface area contributed by atoms with E-state index in [4.69, 9.17) is 5.73 Å². The van der Waals surface area contributed by atoms with Gasteiger partial charge in [-0.2, -0.15) is 5.10 Å². The van der Waals surface area contributed by atoms with Crippen LogP contribution in [0.15, 0.2) is 23.3 Å². The van der Waals surface area contributed by atoms with Crippen LogP contribution in [-0.4, -0.2) is 12.2 Å². The Morgan fingerprint density at radius 1 is 1.67 bits per heavy atom. The molecule has 80 valence electrons. The number of carbonyl (C=O) groups excluding carboxylic acids is 1. The van der Waals surface area contributed by atoms with Gasteiger partial charge in [-0.25, -0.2) is 14.6 Å². The fourth-order valence-corrected chi connectivity index (χ4v) is 1.47. The lowest BCUT2D eigenvalue weighted by Crippen LogP contribution is -2.24. The summed E-state index contributed by atoms with van der Waals surface area (Å²) in [6.07, 6.45) is 1.40. The lowest BCUT2D eigenvalue weighted by molar-refractivity contribution is 0.249. The van der Waals surface area contributed by atoms with Gasteiger partial charge in [0.2, 0.25) is 0 Å². The third-order valence-corrected chi connectivity index (χ3v) is 2.23. The first-order chi connectivity index (χ1) is 7.13. The van der Waals surface area contributed by atoms with Crippen molar-refractivity contribution in [3.63, 3.8) is 0 Å². The number of nitrogens with two attached hydrogens (primary N) is 1. The van der Waals surface area contributed by atoms with Gasteiger partial charge in [0.1, 0.15) is 5.82 Å². The number of urea groups is 1. The van der Waals surface area contributed by atoms with Crippen LogP contribution in [0.3, 0.4) is 0 Å². The molecule has 2 amide bonds. The van der Waals surface area contributed by atoms with Crippen molar-refractivity contribution < 1.29 is 9.18 Å². The number of amides is 2. The molecule has 1 rings (SSSR count). The van der Waals surface area contributed by atoms with Crippen LogP contribution in [0, 0.1) is 5.82 Å². The SMILES string of the molecule is NC(=O)NN=Cc1ccc(F)cc1CBr. The zero-order valence-electron chi connectivity index (χ0n) is 7.71. The molecular formula is C9H9BrFN3O. The minimum absolute atomic E-state index is 0.315. The van der Waals surface area contributed by atoms with Gasteiger partial charge in [0, 0.05) is 5.33 Å². The van der Waals surface area contributed by atoms with Crippen LogP contribution in [0.1, 0.15) is 11.1 Å². The molecule has 4 nitrogen and oxygen atoms in total. The van der Waals surface area contributed by atoms with E-state index in [1.54, 1.807) is 6.07 Å². The molecule has 1 aromatic rings. The number of nitrogens with one attached hydrogen (secondary N) is 1. The molecule has 0 aliphatic heterocycles. The Balaban J connectivity index is 2.84. The van der Waals surface area contributed by atoms with Gasteiger partial charge in [-0.05, 0) is 23.3 Å². The van der Waals surface area contributed by atoms with Gasteiger partial charge in [-0.3, -0.25) is 0 Å². The highest BCUT2D eigenvalue weighted by Crippen LogP contribution is 2.12. The van der Waals surface area contributed by atoms with E-state index in [0.717, 1.165) is 5.56 Å². The van der Waals surface area contributed by atoms with E-state index in [0.29, 0.717) is 10.9 Å². The molecule has 3 N–H and O–H groups in total. The summed E-state index contributed by atoms with van der Waals surface area (Å²) in [6, 6.07) is 3.53. The first-order valence-electron chi connectivity index (χ1n) is 4.06. The quantitative estimate of drug-likeness (QED) is 0.492.